The second-order valence-electron chi connectivity index (χ2n) is 5.07. The SMILES string of the molecule is CNc1nc(NC(C)=O)nc2ccc(-c3ccc(F)cc3)cc12. The van der Waals surface area contributed by atoms with Gasteiger partial charge in [-0.05, 0) is 35.4 Å². The standard InChI is InChI=1S/C17H15FN4O/c1-10(23)20-17-21-15-8-5-12(9-14(15)16(19-2)22-17)11-3-6-13(18)7-4-11/h3-9H,1-2H3,(H2,19,20,21,22,23). The Morgan fingerprint density at radius 1 is 1.04 bits per heavy atom. The maximum atomic E-state index is 13.1. The fourth-order valence-electron chi connectivity index (χ4n) is 2.35. The van der Waals surface area contributed by atoms with Gasteiger partial charge >= 0.3 is 0 Å². The number of rotatable bonds is 3. The first-order valence-electron chi connectivity index (χ1n) is 7.10. The molecule has 0 atom stereocenters. The third-order valence-corrected chi connectivity index (χ3v) is 3.40. The molecular formula is C17H15FN4O. The first-order valence-corrected chi connectivity index (χ1v) is 7.10. The molecule has 2 aromatic carbocycles. The monoisotopic (exact) mass is 310 g/mol. The first kappa shape index (κ1) is 14.9. The molecule has 1 aromatic heterocycles. The molecule has 0 radical (unpaired) electrons. The first-order chi connectivity index (χ1) is 11.1. The van der Waals surface area contributed by atoms with Crippen molar-refractivity contribution in [2.75, 3.05) is 17.7 Å². The Balaban J connectivity index is 2.11. The maximum Gasteiger partial charge on any atom is 0.231 e. The Morgan fingerprint density at radius 3 is 2.39 bits per heavy atom. The summed E-state index contributed by atoms with van der Waals surface area (Å²) in [6.07, 6.45) is 0. The molecule has 0 aliphatic rings. The van der Waals surface area contributed by atoms with Crippen LogP contribution in [-0.2, 0) is 4.79 Å². The molecule has 5 nitrogen and oxygen atoms in total. The average molecular weight is 310 g/mol. The van der Waals surface area contributed by atoms with Gasteiger partial charge in [0.1, 0.15) is 11.6 Å². The van der Waals surface area contributed by atoms with Crippen LogP contribution in [0, 0.1) is 5.82 Å². The number of hydrogen-bond acceptors (Lipinski definition) is 4. The Kier molecular flexibility index (Phi) is 3.89. The fraction of sp³-hybridized carbons (Fsp3) is 0.118. The quantitative estimate of drug-likeness (QED) is 0.777. The lowest BCUT2D eigenvalue weighted by Gasteiger charge is -2.10. The highest BCUT2D eigenvalue weighted by molar-refractivity contribution is 5.95. The number of amides is 1. The van der Waals surface area contributed by atoms with Crippen molar-refractivity contribution in [3.05, 3.63) is 48.3 Å². The van der Waals surface area contributed by atoms with E-state index in [1.165, 1.54) is 19.1 Å². The second-order valence-corrected chi connectivity index (χ2v) is 5.07. The predicted octanol–water partition coefficient (Wildman–Crippen LogP) is 3.44. The van der Waals surface area contributed by atoms with E-state index >= 15 is 0 Å². The maximum absolute atomic E-state index is 13.1. The number of nitrogens with one attached hydrogen (secondary N) is 2. The summed E-state index contributed by atoms with van der Waals surface area (Å²) >= 11 is 0. The highest BCUT2D eigenvalue weighted by Crippen LogP contribution is 2.28. The topological polar surface area (TPSA) is 66.9 Å². The molecule has 0 aliphatic heterocycles. The zero-order chi connectivity index (χ0) is 16.4. The van der Waals surface area contributed by atoms with Crippen LogP contribution in [0.25, 0.3) is 22.0 Å². The molecule has 1 amide bonds. The van der Waals surface area contributed by atoms with Crippen molar-refractivity contribution in [2.24, 2.45) is 0 Å². The van der Waals surface area contributed by atoms with Crippen molar-refractivity contribution in [2.45, 2.75) is 6.92 Å². The lowest BCUT2D eigenvalue weighted by molar-refractivity contribution is -0.114. The van der Waals surface area contributed by atoms with E-state index in [1.54, 1.807) is 19.2 Å². The minimum Gasteiger partial charge on any atom is -0.372 e. The highest BCUT2D eigenvalue weighted by Gasteiger charge is 2.09. The van der Waals surface area contributed by atoms with Crippen LogP contribution in [0.1, 0.15) is 6.92 Å². The predicted molar refractivity (Wildman–Crippen MR) is 88.8 cm³/mol. The van der Waals surface area contributed by atoms with Crippen molar-refractivity contribution in [1.29, 1.82) is 0 Å². The van der Waals surface area contributed by atoms with Crippen molar-refractivity contribution in [3.63, 3.8) is 0 Å². The summed E-state index contributed by atoms with van der Waals surface area (Å²) in [5, 5.41) is 6.41. The number of carbonyl (C=O) groups excluding carboxylic acids is 1. The van der Waals surface area contributed by atoms with E-state index in [9.17, 15) is 9.18 Å². The van der Waals surface area contributed by atoms with E-state index in [2.05, 4.69) is 20.6 Å². The molecular weight excluding hydrogens is 295 g/mol. The van der Waals surface area contributed by atoms with Gasteiger partial charge in [0.15, 0.2) is 0 Å². The molecule has 2 N–H and O–H groups in total. The zero-order valence-electron chi connectivity index (χ0n) is 12.7. The van der Waals surface area contributed by atoms with E-state index in [0.29, 0.717) is 11.3 Å². The Morgan fingerprint density at radius 2 is 1.74 bits per heavy atom. The minimum absolute atomic E-state index is 0.227. The van der Waals surface area contributed by atoms with Crippen LogP contribution in [-0.4, -0.2) is 22.9 Å². The number of halogens is 1. The van der Waals surface area contributed by atoms with Crippen LogP contribution in [0.5, 0.6) is 0 Å². The molecule has 3 aromatic rings. The van der Waals surface area contributed by atoms with Gasteiger partial charge in [0.05, 0.1) is 5.52 Å². The molecule has 1 heterocycles. The molecule has 3 rings (SSSR count). The molecule has 23 heavy (non-hydrogen) atoms. The van der Waals surface area contributed by atoms with E-state index in [4.69, 9.17) is 0 Å². The van der Waals surface area contributed by atoms with E-state index in [-0.39, 0.29) is 17.7 Å². The molecule has 0 unspecified atom stereocenters. The van der Waals surface area contributed by atoms with Crippen molar-refractivity contribution < 1.29 is 9.18 Å². The fourth-order valence-corrected chi connectivity index (χ4v) is 2.35. The molecule has 0 fully saturated rings. The number of fused-ring (bicyclic) bond motifs is 1. The highest BCUT2D eigenvalue weighted by atomic mass is 19.1. The van der Waals surface area contributed by atoms with Crippen molar-refractivity contribution >= 4 is 28.6 Å². The molecule has 0 saturated heterocycles. The van der Waals surface area contributed by atoms with E-state index < -0.39 is 0 Å². The van der Waals surface area contributed by atoms with Gasteiger partial charge < -0.3 is 5.32 Å². The molecule has 0 bridgehead atoms. The summed E-state index contributed by atoms with van der Waals surface area (Å²) in [4.78, 5) is 19.8. The van der Waals surface area contributed by atoms with Gasteiger partial charge in [-0.25, -0.2) is 9.37 Å². The van der Waals surface area contributed by atoms with Gasteiger partial charge in [0.25, 0.3) is 0 Å². The number of hydrogen-bond donors (Lipinski definition) is 2. The average Bonchev–Trinajstić information content (AvgIpc) is 2.54. The summed E-state index contributed by atoms with van der Waals surface area (Å²) in [5.41, 5.74) is 2.55. The number of aromatic nitrogens is 2. The van der Waals surface area contributed by atoms with Gasteiger partial charge in [-0.1, -0.05) is 18.2 Å². The van der Waals surface area contributed by atoms with Gasteiger partial charge in [0, 0.05) is 19.4 Å². The van der Waals surface area contributed by atoms with Crippen LogP contribution in [0.15, 0.2) is 42.5 Å². The number of anilines is 2. The lowest BCUT2D eigenvalue weighted by atomic mass is 10.0. The molecule has 0 aliphatic carbocycles. The summed E-state index contributed by atoms with van der Waals surface area (Å²) in [5.74, 6) is 0.370. The Hall–Kier alpha value is -3.02. The third kappa shape index (κ3) is 3.11. The van der Waals surface area contributed by atoms with Crippen LogP contribution >= 0.6 is 0 Å². The third-order valence-electron chi connectivity index (χ3n) is 3.40. The molecule has 6 heteroatoms. The van der Waals surface area contributed by atoms with Crippen LogP contribution in [0.2, 0.25) is 0 Å². The molecule has 116 valence electrons. The largest absolute Gasteiger partial charge is 0.372 e. The zero-order valence-corrected chi connectivity index (χ0v) is 12.7. The van der Waals surface area contributed by atoms with E-state index in [0.717, 1.165) is 16.5 Å². The number of carbonyl (C=O) groups is 1. The Bertz CT molecular complexity index is 878. The van der Waals surface area contributed by atoms with Gasteiger partial charge in [0.2, 0.25) is 11.9 Å². The van der Waals surface area contributed by atoms with Gasteiger partial charge in [-0.15, -0.1) is 0 Å². The van der Waals surface area contributed by atoms with Crippen LogP contribution in [0.4, 0.5) is 16.2 Å². The summed E-state index contributed by atoms with van der Waals surface area (Å²) < 4.78 is 13.1. The van der Waals surface area contributed by atoms with Crippen LogP contribution < -0.4 is 10.6 Å². The summed E-state index contributed by atoms with van der Waals surface area (Å²) in [6.45, 7) is 1.41. The Labute approximate surface area is 132 Å². The van der Waals surface area contributed by atoms with Gasteiger partial charge in [-0.2, -0.15) is 4.98 Å². The van der Waals surface area contributed by atoms with E-state index in [1.807, 2.05) is 18.2 Å². The van der Waals surface area contributed by atoms with Gasteiger partial charge in [-0.3, -0.25) is 10.1 Å². The minimum atomic E-state index is -0.270. The second kappa shape index (κ2) is 6.00. The van der Waals surface area contributed by atoms with Crippen molar-refractivity contribution in [3.8, 4) is 11.1 Å². The summed E-state index contributed by atoms with van der Waals surface area (Å²) in [6, 6.07) is 12.0. The summed E-state index contributed by atoms with van der Waals surface area (Å²) in [7, 11) is 1.75. The molecule has 0 saturated carbocycles. The number of nitrogens with zero attached hydrogens (tertiary/aromatic N) is 2. The smallest absolute Gasteiger partial charge is 0.231 e. The van der Waals surface area contributed by atoms with Crippen molar-refractivity contribution in [1.82, 2.24) is 9.97 Å². The molecule has 0 spiro atoms. The van der Waals surface area contributed by atoms with Crippen LogP contribution in [0.3, 0.4) is 0 Å². The lowest BCUT2D eigenvalue weighted by Crippen LogP contribution is -2.10. The normalized spacial score (nSPS) is 10.6. The number of benzene rings is 2.